The largest absolute Gasteiger partial charge is 0.504 e. The van der Waals surface area contributed by atoms with Gasteiger partial charge >= 0.3 is 5.91 Å². The monoisotopic (exact) mass is 425 g/mol. The molecule has 0 radical (unpaired) electrons. The van der Waals surface area contributed by atoms with E-state index in [-0.39, 0.29) is 35.6 Å². The third-order valence-corrected chi connectivity index (χ3v) is 5.98. The Morgan fingerprint density at radius 1 is 1.23 bits per heavy atom. The Morgan fingerprint density at radius 2 is 1.97 bits per heavy atom. The minimum Gasteiger partial charge on any atom is -0.504 e. The molecule has 1 unspecified atom stereocenters. The number of phenols is 1. The van der Waals surface area contributed by atoms with E-state index in [9.17, 15) is 24.4 Å². The fourth-order valence-electron chi connectivity index (χ4n) is 4.30. The molecule has 0 saturated carbocycles. The van der Waals surface area contributed by atoms with Gasteiger partial charge in [-0.2, -0.15) is 0 Å². The fourth-order valence-corrected chi connectivity index (χ4v) is 4.30. The van der Waals surface area contributed by atoms with Gasteiger partial charge in [-0.05, 0) is 43.4 Å². The summed E-state index contributed by atoms with van der Waals surface area (Å²) in [6.45, 7) is 3.28. The lowest BCUT2D eigenvalue weighted by Crippen LogP contribution is -2.32. The summed E-state index contributed by atoms with van der Waals surface area (Å²) in [6, 6.07) is 4.42. The van der Waals surface area contributed by atoms with Crippen molar-refractivity contribution in [1.82, 2.24) is 9.47 Å². The van der Waals surface area contributed by atoms with E-state index in [0.29, 0.717) is 24.1 Å². The van der Waals surface area contributed by atoms with Gasteiger partial charge in [-0.1, -0.05) is 6.92 Å². The van der Waals surface area contributed by atoms with Crippen molar-refractivity contribution in [3.63, 3.8) is 0 Å². The van der Waals surface area contributed by atoms with Gasteiger partial charge in [0, 0.05) is 42.1 Å². The number of rotatable bonds is 5. The Balaban J connectivity index is 1.68. The third kappa shape index (κ3) is 3.83. The zero-order valence-electron chi connectivity index (χ0n) is 17.2. The molecule has 2 aliphatic rings. The SMILES string of the molecule is CCC1Cc2cc(OCC(=O)N3CCCC3)c(O)cc2-c2cc(=O)c(C(=O)N=O)cn21. The van der Waals surface area contributed by atoms with Gasteiger partial charge in [0.2, 0.25) is 0 Å². The molecule has 2 amide bonds. The lowest BCUT2D eigenvalue weighted by molar-refractivity contribution is -0.132. The van der Waals surface area contributed by atoms with Crippen LogP contribution in [-0.2, 0) is 11.2 Å². The van der Waals surface area contributed by atoms with Gasteiger partial charge in [-0.3, -0.25) is 14.4 Å². The quantitative estimate of drug-likeness (QED) is 0.736. The van der Waals surface area contributed by atoms with Crippen molar-refractivity contribution < 1.29 is 19.4 Å². The maximum absolute atomic E-state index is 12.4. The molecule has 162 valence electrons. The molecule has 2 aromatic rings. The van der Waals surface area contributed by atoms with Crippen LogP contribution in [0.25, 0.3) is 11.3 Å². The number of nitrogens with zero attached hydrogens (tertiary/aromatic N) is 3. The molecule has 1 atom stereocenters. The second-order valence-corrected chi connectivity index (χ2v) is 7.86. The van der Waals surface area contributed by atoms with Gasteiger partial charge in [0.05, 0.1) is 5.69 Å². The van der Waals surface area contributed by atoms with Crippen LogP contribution >= 0.6 is 0 Å². The Hall–Kier alpha value is -3.49. The molecular formula is C22H23N3O6. The van der Waals surface area contributed by atoms with Crippen LogP contribution in [0.15, 0.2) is 34.4 Å². The predicted octanol–water partition coefficient (Wildman–Crippen LogP) is 2.64. The highest BCUT2D eigenvalue weighted by molar-refractivity contribution is 5.94. The van der Waals surface area contributed by atoms with Crippen LogP contribution in [-0.4, -0.2) is 46.1 Å². The molecule has 0 bridgehead atoms. The second kappa shape index (κ2) is 8.33. The predicted molar refractivity (Wildman–Crippen MR) is 112 cm³/mol. The molecule has 31 heavy (non-hydrogen) atoms. The molecule has 1 N–H and O–H groups in total. The number of fused-ring (bicyclic) bond motifs is 3. The average Bonchev–Trinajstić information content (AvgIpc) is 3.31. The molecule has 1 aromatic heterocycles. The standard InChI is InChI=1S/C22H23N3O6/c1-2-14-7-13-8-20(31-12-21(28)24-5-3-4-6-24)19(27)9-15(13)17-10-18(26)16(11-25(14)17)22(29)23-30/h8-11,14,27H,2-7,12H2,1H3. The first-order valence-corrected chi connectivity index (χ1v) is 10.3. The van der Waals surface area contributed by atoms with Crippen molar-refractivity contribution >= 4 is 11.8 Å². The molecule has 2 aliphatic heterocycles. The topological polar surface area (TPSA) is 118 Å². The molecule has 4 rings (SSSR count). The van der Waals surface area contributed by atoms with Crippen LogP contribution in [0, 0.1) is 4.91 Å². The number of ether oxygens (including phenoxy) is 1. The van der Waals surface area contributed by atoms with Crippen LogP contribution in [0.1, 0.15) is 48.1 Å². The van der Waals surface area contributed by atoms with E-state index in [0.717, 1.165) is 31.5 Å². The molecule has 1 saturated heterocycles. The van der Waals surface area contributed by atoms with Gasteiger partial charge in [-0.15, -0.1) is 4.91 Å². The molecule has 0 aliphatic carbocycles. The van der Waals surface area contributed by atoms with Crippen LogP contribution in [0.4, 0.5) is 0 Å². The number of carbonyl (C=O) groups is 2. The highest BCUT2D eigenvalue weighted by Gasteiger charge is 2.27. The maximum Gasteiger partial charge on any atom is 0.322 e. The van der Waals surface area contributed by atoms with Crippen molar-refractivity contribution in [2.75, 3.05) is 19.7 Å². The van der Waals surface area contributed by atoms with Crippen molar-refractivity contribution in [3.8, 4) is 22.8 Å². The molecule has 0 spiro atoms. The van der Waals surface area contributed by atoms with Gasteiger partial charge in [0.1, 0.15) is 5.56 Å². The number of carbonyl (C=O) groups excluding carboxylic acids is 2. The fraction of sp³-hybridized carbons (Fsp3) is 0.409. The summed E-state index contributed by atoms with van der Waals surface area (Å²) < 4.78 is 7.40. The van der Waals surface area contributed by atoms with Crippen LogP contribution in [0.3, 0.4) is 0 Å². The van der Waals surface area contributed by atoms with E-state index in [1.54, 1.807) is 15.5 Å². The third-order valence-electron chi connectivity index (χ3n) is 5.98. The number of likely N-dealkylation sites (tertiary alicyclic amines) is 1. The molecule has 9 nitrogen and oxygen atoms in total. The lowest BCUT2D eigenvalue weighted by Gasteiger charge is -2.30. The number of phenolic OH excluding ortho intramolecular Hbond substituents is 1. The van der Waals surface area contributed by atoms with E-state index < -0.39 is 11.3 Å². The van der Waals surface area contributed by atoms with Gasteiger partial charge in [0.25, 0.3) is 5.91 Å². The summed E-state index contributed by atoms with van der Waals surface area (Å²) in [6.07, 6.45) is 4.63. The first kappa shape index (κ1) is 20.8. The summed E-state index contributed by atoms with van der Waals surface area (Å²) in [5, 5.41) is 12.9. The smallest absolute Gasteiger partial charge is 0.322 e. The molecule has 3 heterocycles. The van der Waals surface area contributed by atoms with Crippen LogP contribution < -0.4 is 10.2 Å². The number of nitroso groups, excluding NO2 is 1. The second-order valence-electron chi connectivity index (χ2n) is 7.86. The number of aromatic hydroxyl groups is 1. The lowest BCUT2D eigenvalue weighted by atomic mass is 9.90. The number of aromatic nitrogens is 1. The zero-order valence-corrected chi connectivity index (χ0v) is 17.2. The first-order chi connectivity index (χ1) is 14.9. The number of hydrogen-bond acceptors (Lipinski definition) is 6. The highest BCUT2D eigenvalue weighted by Crippen LogP contribution is 2.41. The number of pyridine rings is 1. The average molecular weight is 425 g/mol. The summed E-state index contributed by atoms with van der Waals surface area (Å²) in [5.41, 5.74) is 1.16. The van der Waals surface area contributed by atoms with Gasteiger partial charge in [0.15, 0.2) is 23.5 Å². The summed E-state index contributed by atoms with van der Waals surface area (Å²) >= 11 is 0. The van der Waals surface area contributed by atoms with E-state index in [1.807, 2.05) is 6.92 Å². The van der Waals surface area contributed by atoms with Crippen molar-refractivity contribution in [3.05, 3.63) is 50.7 Å². The Kier molecular flexibility index (Phi) is 5.58. The van der Waals surface area contributed by atoms with Gasteiger partial charge < -0.3 is 19.3 Å². The molecule has 9 heteroatoms. The first-order valence-electron chi connectivity index (χ1n) is 10.3. The number of hydrogen-bond donors (Lipinski definition) is 1. The van der Waals surface area contributed by atoms with E-state index >= 15 is 0 Å². The Labute approximate surface area is 178 Å². The molecule has 1 fully saturated rings. The Bertz CT molecular complexity index is 1120. The van der Waals surface area contributed by atoms with Crippen molar-refractivity contribution in [1.29, 1.82) is 0 Å². The minimum absolute atomic E-state index is 0.0649. The van der Waals surface area contributed by atoms with Crippen molar-refractivity contribution in [2.45, 2.75) is 38.6 Å². The van der Waals surface area contributed by atoms with Crippen molar-refractivity contribution in [2.24, 2.45) is 5.18 Å². The number of amides is 2. The molecular weight excluding hydrogens is 402 g/mol. The minimum atomic E-state index is -1.10. The van der Waals surface area contributed by atoms with E-state index in [1.165, 1.54) is 18.3 Å². The van der Waals surface area contributed by atoms with E-state index in [2.05, 4.69) is 5.18 Å². The summed E-state index contributed by atoms with van der Waals surface area (Å²) in [5.74, 6) is -1.14. The maximum atomic E-state index is 12.4. The Morgan fingerprint density at radius 3 is 2.65 bits per heavy atom. The van der Waals surface area contributed by atoms with Crippen LogP contribution in [0.2, 0.25) is 0 Å². The molecule has 1 aromatic carbocycles. The summed E-state index contributed by atoms with van der Waals surface area (Å²) in [4.78, 5) is 48.7. The van der Waals surface area contributed by atoms with E-state index in [4.69, 9.17) is 4.74 Å². The normalized spacial score (nSPS) is 17.1. The number of benzene rings is 1. The van der Waals surface area contributed by atoms with Crippen LogP contribution in [0.5, 0.6) is 11.5 Å². The zero-order chi connectivity index (χ0) is 22.1. The summed E-state index contributed by atoms with van der Waals surface area (Å²) in [7, 11) is 0. The van der Waals surface area contributed by atoms with Gasteiger partial charge in [-0.25, -0.2) is 0 Å². The highest BCUT2D eigenvalue weighted by atomic mass is 16.5.